The van der Waals surface area contributed by atoms with Crippen LogP contribution in [0, 0.1) is 0 Å². The molecule has 1 aromatic heterocycles. The first-order chi connectivity index (χ1) is 12.5. The van der Waals surface area contributed by atoms with Crippen molar-refractivity contribution in [2.24, 2.45) is 7.05 Å². The zero-order chi connectivity index (χ0) is 18.5. The quantitative estimate of drug-likeness (QED) is 0.837. The molecule has 0 unspecified atom stereocenters. The lowest BCUT2D eigenvalue weighted by Gasteiger charge is -2.26. The smallest absolute Gasteiger partial charge is 0.221 e. The van der Waals surface area contributed by atoms with Crippen LogP contribution < -0.4 is 10.1 Å². The van der Waals surface area contributed by atoms with Gasteiger partial charge in [0, 0.05) is 31.8 Å². The second kappa shape index (κ2) is 8.56. The molecule has 2 heterocycles. The van der Waals surface area contributed by atoms with E-state index in [0.717, 1.165) is 36.6 Å². The number of rotatable bonds is 6. The predicted molar refractivity (Wildman–Crippen MR) is 104 cm³/mol. The van der Waals surface area contributed by atoms with Crippen molar-refractivity contribution in [2.75, 3.05) is 31.6 Å². The lowest BCUT2D eigenvalue weighted by Crippen LogP contribution is -2.33. The SMILES string of the molecule is CC(=O)Nc1ccc(OCCN2CCCCC2)c(-c2c(Cl)cnn2C)c1. The number of piperidine rings is 1. The topological polar surface area (TPSA) is 59.4 Å². The molecule has 7 heteroatoms. The summed E-state index contributed by atoms with van der Waals surface area (Å²) in [5.74, 6) is 0.618. The minimum Gasteiger partial charge on any atom is -0.492 e. The monoisotopic (exact) mass is 376 g/mol. The molecule has 1 aliphatic rings. The Labute approximate surface area is 159 Å². The van der Waals surface area contributed by atoms with Crippen molar-refractivity contribution in [1.29, 1.82) is 0 Å². The van der Waals surface area contributed by atoms with Crippen molar-refractivity contribution in [1.82, 2.24) is 14.7 Å². The van der Waals surface area contributed by atoms with Gasteiger partial charge in [0.2, 0.25) is 5.91 Å². The summed E-state index contributed by atoms with van der Waals surface area (Å²) in [7, 11) is 1.84. The summed E-state index contributed by atoms with van der Waals surface area (Å²) in [4.78, 5) is 13.8. The highest BCUT2D eigenvalue weighted by molar-refractivity contribution is 6.33. The third-order valence-electron chi connectivity index (χ3n) is 4.56. The van der Waals surface area contributed by atoms with Crippen LogP contribution in [0.1, 0.15) is 26.2 Å². The fraction of sp³-hybridized carbons (Fsp3) is 0.474. The molecule has 1 aromatic carbocycles. The number of carbonyl (C=O) groups is 1. The molecule has 3 rings (SSSR count). The molecule has 0 atom stereocenters. The van der Waals surface area contributed by atoms with Crippen molar-refractivity contribution in [3.8, 4) is 17.0 Å². The number of aryl methyl sites for hydroxylation is 1. The summed E-state index contributed by atoms with van der Waals surface area (Å²) in [6.07, 6.45) is 5.47. The minimum atomic E-state index is -0.120. The highest BCUT2D eigenvalue weighted by Gasteiger charge is 2.17. The van der Waals surface area contributed by atoms with Gasteiger partial charge in [-0.05, 0) is 44.1 Å². The third kappa shape index (κ3) is 4.56. The number of benzene rings is 1. The van der Waals surface area contributed by atoms with E-state index >= 15 is 0 Å². The summed E-state index contributed by atoms with van der Waals surface area (Å²) in [6.45, 7) is 5.30. The first-order valence-corrected chi connectivity index (χ1v) is 9.37. The highest BCUT2D eigenvalue weighted by Crippen LogP contribution is 2.36. The van der Waals surface area contributed by atoms with Gasteiger partial charge in [-0.3, -0.25) is 14.4 Å². The van der Waals surface area contributed by atoms with E-state index in [4.69, 9.17) is 16.3 Å². The Kier molecular flexibility index (Phi) is 6.16. The number of hydrogen-bond acceptors (Lipinski definition) is 4. The summed E-state index contributed by atoms with van der Waals surface area (Å²) in [5, 5.41) is 7.57. The number of hydrogen-bond donors (Lipinski definition) is 1. The Hall–Kier alpha value is -2.05. The van der Waals surface area contributed by atoms with Crippen molar-refractivity contribution in [2.45, 2.75) is 26.2 Å². The maximum Gasteiger partial charge on any atom is 0.221 e. The third-order valence-corrected chi connectivity index (χ3v) is 4.84. The van der Waals surface area contributed by atoms with E-state index in [1.807, 2.05) is 25.2 Å². The van der Waals surface area contributed by atoms with Gasteiger partial charge >= 0.3 is 0 Å². The van der Waals surface area contributed by atoms with Gasteiger partial charge in [-0.1, -0.05) is 18.0 Å². The average molecular weight is 377 g/mol. The van der Waals surface area contributed by atoms with Gasteiger partial charge < -0.3 is 10.1 Å². The molecule has 0 aliphatic carbocycles. The zero-order valence-electron chi connectivity index (χ0n) is 15.3. The number of nitrogens with one attached hydrogen (secondary N) is 1. The molecule has 0 saturated carbocycles. The molecule has 140 valence electrons. The fourth-order valence-electron chi connectivity index (χ4n) is 3.30. The number of halogens is 1. The van der Waals surface area contributed by atoms with Crippen LogP contribution in [-0.2, 0) is 11.8 Å². The molecule has 1 N–H and O–H groups in total. The van der Waals surface area contributed by atoms with Crippen LogP contribution in [0.4, 0.5) is 5.69 Å². The summed E-state index contributed by atoms with van der Waals surface area (Å²) >= 11 is 6.33. The molecule has 6 nitrogen and oxygen atoms in total. The minimum absolute atomic E-state index is 0.120. The second-order valence-electron chi connectivity index (χ2n) is 6.61. The van der Waals surface area contributed by atoms with Gasteiger partial charge in [0.25, 0.3) is 0 Å². The van der Waals surface area contributed by atoms with E-state index in [1.165, 1.54) is 26.2 Å². The Bertz CT molecular complexity index is 749. The number of amides is 1. The standard InChI is InChI=1S/C19H25ClN4O2/c1-14(25)22-15-6-7-18(26-11-10-24-8-4-3-5-9-24)16(12-15)19-17(20)13-21-23(19)2/h6-7,12-13H,3-5,8-11H2,1-2H3,(H,22,25). The van der Waals surface area contributed by atoms with Crippen molar-refractivity contribution in [3.63, 3.8) is 0 Å². The largest absolute Gasteiger partial charge is 0.492 e. The van der Waals surface area contributed by atoms with Crippen LogP contribution in [0.2, 0.25) is 5.02 Å². The van der Waals surface area contributed by atoms with Crippen LogP contribution in [0.3, 0.4) is 0 Å². The lowest BCUT2D eigenvalue weighted by atomic mass is 10.1. The van der Waals surface area contributed by atoms with Crippen molar-refractivity contribution >= 4 is 23.2 Å². The van der Waals surface area contributed by atoms with Gasteiger partial charge in [-0.2, -0.15) is 5.10 Å². The van der Waals surface area contributed by atoms with E-state index in [1.54, 1.807) is 10.9 Å². The summed E-state index contributed by atoms with van der Waals surface area (Å²) in [6, 6.07) is 5.59. The molecule has 0 radical (unpaired) electrons. The number of ether oxygens (including phenoxy) is 1. The van der Waals surface area contributed by atoms with Crippen LogP contribution in [0.25, 0.3) is 11.3 Å². The average Bonchev–Trinajstić information content (AvgIpc) is 2.95. The van der Waals surface area contributed by atoms with E-state index in [0.29, 0.717) is 17.3 Å². The Morgan fingerprint density at radius 3 is 2.73 bits per heavy atom. The van der Waals surface area contributed by atoms with Gasteiger partial charge in [0.1, 0.15) is 12.4 Å². The van der Waals surface area contributed by atoms with E-state index in [9.17, 15) is 4.79 Å². The summed E-state index contributed by atoms with van der Waals surface area (Å²) in [5.41, 5.74) is 2.29. The van der Waals surface area contributed by atoms with Crippen LogP contribution in [0.15, 0.2) is 24.4 Å². The van der Waals surface area contributed by atoms with Gasteiger partial charge in [-0.15, -0.1) is 0 Å². The first-order valence-electron chi connectivity index (χ1n) is 8.99. The van der Waals surface area contributed by atoms with Crippen LogP contribution in [-0.4, -0.2) is 46.8 Å². The molecular formula is C19H25ClN4O2. The normalized spacial score (nSPS) is 15.0. The predicted octanol–water partition coefficient (Wildman–Crippen LogP) is 3.56. The molecule has 0 spiro atoms. The molecule has 2 aromatic rings. The van der Waals surface area contributed by atoms with Gasteiger partial charge in [0.15, 0.2) is 0 Å². The van der Waals surface area contributed by atoms with E-state index in [2.05, 4.69) is 15.3 Å². The van der Waals surface area contributed by atoms with Crippen LogP contribution in [0.5, 0.6) is 5.75 Å². The molecule has 1 fully saturated rings. The number of anilines is 1. The Morgan fingerprint density at radius 1 is 1.31 bits per heavy atom. The second-order valence-corrected chi connectivity index (χ2v) is 7.01. The molecular weight excluding hydrogens is 352 g/mol. The van der Waals surface area contributed by atoms with E-state index < -0.39 is 0 Å². The van der Waals surface area contributed by atoms with Crippen molar-refractivity contribution in [3.05, 3.63) is 29.4 Å². The molecule has 26 heavy (non-hydrogen) atoms. The summed E-state index contributed by atoms with van der Waals surface area (Å²) < 4.78 is 7.79. The Morgan fingerprint density at radius 2 is 2.08 bits per heavy atom. The Balaban J connectivity index is 1.80. The van der Waals surface area contributed by atoms with Crippen LogP contribution >= 0.6 is 11.6 Å². The highest BCUT2D eigenvalue weighted by atomic mass is 35.5. The van der Waals surface area contributed by atoms with Gasteiger partial charge in [-0.25, -0.2) is 0 Å². The molecule has 0 bridgehead atoms. The van der Waals surface area contributed by atoms with E-state index in [-0.39, 0.29) is 5.91 Å². The molecule has 1 amide bonds. The first kappa shape index (κ1) is 18.7. The lowest BCUT2D eigenvalue weighted by molar-refractivity contribution is -0.114. The maximum atomic E-state index is 11.4. The number of aromatic nitrogens is 2. The van der Waals surface area contributed by atoms with Crippen molar-refractivity contribution < 1.29 is 9.53 Å². The molecule has 1 aliphatic heterocycles. The zero-order valence-corrected chi connectivity index (χ0v) is 16.1. The fourth-order valence-corrected chi connectivity index (χ4v) is 3.57. The number of carbonyl (C=O) groups excluding carboxylic acids is 1. The number of nitrogens with zero attached hydrogens (tertiary/aromatic N) is 3. The maximum absolute atomic E-state index is 11.4. The van der Waals surface area contributed by atoms with Gasteiger partial charge in [0.05, 0.1) is 16.9 Å². The molecule has 1 saturated heterocycles. The number of likely N-dealkylation sites (tertiary alicyclic amines) is 1.